The number of ether oxygens (including phenoxy) is 1. The Morgan fingerprint density at radius 2 is 1.77 bits per heavy atom. The molecule has 0 aliphatic carbocycles. The number of nitrogens with two attached hydrogens (primary N) is 1. The lowest BCUT2D eigenvalue weighted by Crippen LogP contribution is -2.39. The van der Waals surface area contributed by atoms with Crippen LogP contribution < -0.4 is 10.5 Å². The van der Waals surface area contributed by atoms with Crippen LogP contribution in [0.1, 0.15) is 46.3 Å². The molecule has 0 unspecified atom stereocenters. The van der Waals surface area contributed by atoms with Crippen LogP contribution in [0.15, 0.2) is 42.5 Å². The number of likely N-dealkylation sites (tertiary alicyclic amines) is 1. The molecule has 0 bridgehead atoms. The fourth-order valence-electron chi connectivity index (χ4n) is 4.12. The van der Waals surface area contributed by atoms with E-state index >= 15 is 0 Å². The molecule has 7 nitrogen and oxygen atoms in total. The van der Waals surface area contributed by atoms with Gasteiger partial charge in [-0.05, 0) is 68.1 Å². The van der Waals surface area contributed by atoms with Gasteiger partial charge in [0, 0.05) is 36.1 Å². The molecule has 1 aliphatic heterocycles. The Hall–Kier alpha value is -3.48. The van der Waals surface area contributed by atoms with Gasteiger partial charge in [-0.15, -0.1) is 0 Å². The van der Waals surface area contributed by atoms with Crippen molar-refractivity contribution < 1.29 is 9.53 Å². The minimum absolute atomic E-state index is 0.107. The van der Waals surface area contributed by atoms with Crippen LogP contribution in [0.4, 0.5) is 5.95 Å². The van der Waals surface area contributed by atoms with Gasteiger partial charge < -0.3 is 15.4 Å². The van der Waals surface area contributed by atoms with Crippen molar-refractivity contribution in [2.24, 2.45) is 0 Å². The Labute approximate surface area is 182 Å². The number of methoxy groups -OCH3 is 1. The van der Waals surface area contributed by atoms with Crippen molar-refractivity contribution in [1.82, 2.24) is 19.9 Å². The summed E-state index contributed by atoms with van der Waals surface area (Å²) in [7, 11) is 1.66. The lowest BCUT2D eigenvalue weighted by atomic mass is 9.92. The number of piperidine rings is 1. The molecule has 1 aliphatic rings. The van der Waals surface area contributed by atoms with E-state index in [0.717, 1.165) is 41.1 Å². The van der Waals surface area contributed by atoms with E-state index in [1.54, 1.807) is 13.2 Å². The number of aromatic nitrogens is 3. The minimum Gasteiger partial charge on any atom is -0.497 e. The van der Waals surface area contributed by atoms with Gasteiger partial charge in [-0.3, -0.25) is 9.78 Å². The van der Waals surface area contributed by atoms with Gasteiger partial charge in [0.15, 0.2) is 0 Å². The molecule has 0 spiro atoms. The van der Waals surface area contributed by atoms with E-state index in [9.17, 15) is 4.79 Å². The number of hydrogen-bond acceptors (Lipinski definition) is 6. The average Bonchev–Trinajstić information content (AvgIpc) is 2.77. The predicted octanol–water partition coefficient (Wildman–Crippen LogP) is 3.77. The standard InChI is InChI=1S/C24H27N5O2/c1-15-11-19(17-6-8-20(31-3)9-7-17)13-21(26-15)18-5-4-10-29(14-18)23(30)22-12-16(2)27-24(25)28-22/h6-9,11-13,18H,4-5,10,14H2,1-3H3,(H2,25,27,28)/t18-/m0/s1. The van der Waals surface area contributed by atoms with E-state index < -0.39 is 0 Å². The first-order valence-corrected chi connectivity index (χ1v) is 10.5. The number of aryl methyl sites for hydroxylation is 2. The van der Waals surface area contributed by atoms with Crippen LogP contribution in [0.5, 0.6) is 5.75 Å². The van der Waals surface area contributed by atoms with Crippen molar-refractivity contribution in [3.8, 4) is 16.9 Å². The molecule has 2 N–H and O–H groups in total. The number of carbonyl (C=O) groups is 1. The molecule has 1 aromatic carbocycles. The summed E-state index contributed by atoms with van der Waals surface area (Å²) >= 11 is 0. The smallest absolute Gasteiger partial charge is 0.272 e. The van der Waals surface area contributed by atoms with Gasteiger partial charge in [0.05, 0.1) is 7.11 Å². The third kappa shape index (κ3) is 4.66. The Morgan fingerprint density at radius 3 is 2.48 bits per heavy atom. The van der Waals surface area contributed by atoms with E-state index in [-0.39, 0.29) is 17.8 Å². The third-order valence-corrected chi connectivity index (χ3v) is 5.61. The maximum atomic E-state index is 13.0. The van der Waals surface area contributed by atoms with Gasteiger partial charge in [-0.2, -0.15) is 0 Å². The maximum Gasteiger partial charge on any atom is 0.272 e. The molecule has 1 saturated heterocycles. The molecule has 7 heteroatoms. The van der Waals surface area contributed by atoms with Crippen LogP contribution in [0.3, 0.4) is 0 Å². The van der Waals surface area contributed by atoms with Crippen molar-refractivity contribution >= 4 is 11.9 Å². The van der Waals surface area contributed by atoms with Gasteiger partial charge in [-0.25, -0.2) is 9.97 Å². The molecule has 4 rings (SSSR count). The fraction of sp³-hybridized carbons (Fsp3) is 0.333. The second kappa shape index (κ2) is 8.71. The molecule has 3 heterocycles. The Kier molecular flexibility index (Phi) is 5.84. The number of hydrogen-bond donors (Lipinski definition) is 1. The number of carbonyl (C=O) groups excluding carboxylic acids is 1. The second-order valence-corrected chi connectivity index (χ2v) is 7.99. The number of amides is 1. The van der Waals surface area contributed by atoms with Crippen molar-refractivity contribution in [3.63, 3.8) is 0 Å². The first-order chi connectivity index (χ1) is 14.9. The minimum atomic E-state index is -0.107. The lowest BCUT2D eigenvalue weighted by Gasteiger charge is -2.32. The summed E-state index contributed by atoms with van der Waals surface area (Å²) in [6, 6.07) is 13.9. The van der Waals surface area contributed by atoms with Gasteiger partial charge in [0.1, 0.15) is 11.4 Å². The topological polar surface area (TPSA) is 94.2 Å². The number of nitrogens with zero attached hydrogens (tertiary/aromatic N) is 4. The highest BCUT2D eigenvalue weighted by molar-refractivity contribution is 5.92. The van der Waals surface area contributed by atoms with Crippen LogP contribution in [-0.4, -0.2) is 46.0 Å². The zero-order valence-corrected chi connectivity index (χ0v) is 18.1. The summed E-state index contributed by atoms with van der Waals surface area (Å²) in [5.41, 5.74) is 11.0. The highest BCUT2D eigenvalue weighted by Crippen LogP contribution is 2.30. The summed E-state index contributed by atoms with van der Waals surface area (Å²) in [6.07, 6.45) is 1.91. The molecule has 2 aromatic heterocycles. The van der Waals surface area contributed by atoms with Crippen molar-refractivity contribution in [2.75, 3.05) is 25.9 Å². The zero-order chi connectivity index (χ0) is 22.0. The van der Waals surface area contributed by atoms with Crippen molar-refractivity contribution in [1.29, 1.82) is 0 Å². The van der Waals surface area contributed by atoms with Crippen molar-refractivity contribution in [3.05, 3.63) is 65.2 Å². The van der Waals surface area contributed by atoms with Gasteiger partial charge in [0.2, 0.25) is 5.95 Å². The molecule has 1 fully saturated rings. The quantitative estimate of drug-likeness (QED) is 0.694. The van der Waals surface area contributed by atoms with Crippen molar-refractivity contribution in [2.45, 2.75) is 32.6 Å². The summed E-state index contributed by atoms with van der Waals surface area (Å²) in [6.45, 7) is 5.13. The molecule has 3 aromatic rings. The van der Waals surface area contributed by atoms with Crippen LogP contribution >= 0.6 is 0 Å². The molecular weight excluding hydrogens is 390 g/mol. The number of pyridine rings is 1. The summed E-state index contributed by atoms with van der Waals surface area (Å²) in [5, 5.41) is 0. The molecule has 1 amide bonds. The second-order valence-electron chi connectivity index (χ2n) is 7.99. The summed E-state index contributed by atoms with van der Waals surface area (Å²) in [5.74, 6) is 1.03. The first kappa shape index (κ1) is 20.8. The first-order valence-electron chi connectivity index (χ1n) is 10.5. The Morgan fingerprint density at radius 1 is 1.03 bits per heavy atom. The van der Waals surface area contributed by atoms with E-state index in [4.69, 9.17) is 15.5 Å². The highest BCUT2D eigenvalue weighted by atomic mass is 16.5. The molecular formula is C24H27N5O2. The highest BCUT2D eigenvalue weighted by Gasteiger charge is 2.27. The molecule has 31 heavy (non-hydrogen) atoms. The average molecular weight is 418 g/mol. The van der Waals surface area contributed by atoms with Gasteiger partial charge >= 0.3 is 0 Å². The number of rotatable bonds is 4. The molecule has 0 radical (unpaired) electrons. The molecule has 0 saturated carbocycles. The van der Waals surface area contributed by atoms with E-state index in [2.05, 4.69) is 34.2 Å². The van der Waals surface area contributed by atoms with E-state index in [0.29, 0.717) is 24.5 Å². The van der Waals surface area contributed by atoms with Crippen LogP contribution in [0.25, 0.3) is 11.1 Å². The summed E-state index contributed by atoms with van der Waals surface area (Å²) < 4.78 is 5.27. The number of benzene rings is 1. The SMILES string of the molecule is COc1ccc(-c2cc(C)nc([C@H]3CCCN(C(=O)c4cc(C)nc(N)n4)C3)c2)cc1. The van der Waals surface area contributed by atoms with Crippen LogP contribution in [0, 0.1) is 13.8 Å². The Balaban J connectivity index is 1.57. The van der Waals surface area contributed by atoms with Crippen LogP contribution in [-0.2, 0) is 0 Å². The zero-order valence-electron chi connectivity index (χ0n) is 18.1. The lowest BCUT2D eigenvalue weighted by molar-refractivity contribution is 0.0699. The fourth-order valence-corrected chi connectivity index (χ4v) is 4.12. The van der Waals surface area contributed by atoms with Crippen LogP contribution in [0.2, 0.25) is 0 Å². The van der Waals surface area contributed by atoms with E-state index in [1.807, 2.05) is 30.9 Å². The number of anilines is 1. The van der Waals surface area contributed by atoms with Gasteiger partial charge in [-0.1, -0.05) is 12.1 Å². The predicted molar refractivity (Wildman–Crippen MR) is 120 cm³/mol. The van der Waals surface area contributed by atoms with Gasteiger partial charge in [0.25, 0.3) is 5.91 Å². The third-order valence-electron chi connectivity index (χ3n) is 5.61. The monoisotopic (exact) mass is 417 g/mol. The maximum absolute atomic E-state index is 13.0. The molecule has 160 valence electrons. The Bertz CT molecular complexity index is 1080. The van der Waals surface area contributed by atoms with E-state index in [1.165, 1.54) is 0 Å². The normalized spacial score (nSPS) is 16.2. The number of nitrogen functional groups attached to an aromatic ring is 1. The summed E-state index contributed by atoms with van der Waals surface area (Å²) in [4.78, 5) is 27.9. The largest absolute Gasteiger partial charge is 0.497 e. The molecule has 1 atom stereocenters.